The molecule has 3 rings (SSSR count). The summed E-state index contributed by atoms with van der Waals surface area (Å²) >= 11 is 0. The normalized spacial score (nSPS) is 33.2. The zero-order valence-corrected chi connectivity index (χ0v) is 12.4. The van der Waals surface area contributed by atoms with E-state index in [1.165, 1.54) is 0 Å². The predicted molar refractivity (Wildman–Crippen MR) is 76.5 cm³/mol. The molecule has 0 aliphatic carbocycles. The van der Waals surface area contributed by atoms with Gasteiger partial charge in [0.05, 0.1) is 24.4 Å². The summed E-state index contributed by atoms with van der Waals surface area (Å²) in [7, 11) is 0. The number of hydrogen-bond donors (Lipinski definition) is 2. The molecule has 6 nitrogen and oxygen atoms in total. The summed E-state index contributed by atoms with van der Waals surface area (Å²) in [5, 5.41) is 20.1. The number of aliphatic hydroxyl groups excluding tert-OH is 1. The molecule has 0 bridgehead atoms. The number of aromatic nitrogens is 2. The van der Waals surface area contributed by atoms with E-state index >= 15 is 0 Å². The van der Waals surface area contributed by atoms with E-state index in [0.29, 0.717) is 6.42 Å². The van der Waals surface area contributed by atoms with Gasteiger partial charge in [-0.3, -0.25) is 4.90 Å². The fourth-order valence-electron chi connectivity index (χ4n) is 3.31. The van der Waals surface area contributed by atoms with Crippen LogP contribution in [0.3, 0.4) is 0 Å². The molecule has 21 heavy (non-hydrogen) atoms. The number of piperidine rings is 1. The zero-order chi connectivity index (χ0) is 14.9. The Kier molecular flexibility index (Phi) is 3.96. The van der Waals surface area contributed by atoms with Crippen LogP contribution in [-0.4, -0.2) is 62.1 Å². The average Bonchev–Trinajstić information content (AvgIpc) is 2.47. The second-order valence-corrected chi connectivity index (χ2v) is 6.48. The van der Waals surface area contributed by atoms with Crippen molar-refractivity contribution in [3.63, 3.8) is 0 Å². The summed E-state index contributed by atoms with van der Waals surface area (Å²) in [5.41, 5.74) is -1.35. The minimum absolute atomic E-state index is 0.217. The summed E-state index contributed by atoms with van der Waals surface area (Å²) in [6, 6.07) is 1.82. The summed E-state index contributed by atoms with van der Waals surface area (Å²) in [5.74, 6) is 0.834. The molecule has 116 valence electrons. The van der Waals surface area contributed by atoms with Crippen LogP contribution in [-0.2, 0) is 11.3 Å². The molecule has 0 amide bonds. The lowest BCUT2D eigenvalue weighted by atomic mass is 9.76. The molecule has 0 saturated carbocycles. The molecule has 1 aromatic heterocycles. The van der Waals surface area contributed by atoms with E-state index < -0.39 is 11.7 Å². The average molecular weight is 293 g/mol. The van der Waals surface area contributed by atoms with E-state index in [4.69, 9.17) is 4.74 Å². The van der Waals surface area contributed by atoms with Crippen molar-refractivity contribution in [3.8, 4) is 0 Å². The smallest absolute Gasteiger partial charge is 0.142 e. The highest BCUT2D eigenvalue weighted by molar-refractivity contribution is 5.00. The number of aliphatic hydroxyl groups is 2. The third-order valence-corrected chi connectivity index (χ3v) is 4.70. The van der Waals surface area contributed by atoms with Gasteiger partial charge in [0.25, 0.3) is 0 Å². The molecule has 2 atom stereocenters. The minimum Gasteiger partial charge on any atom is -0.388 e. The van der Waals surface area contributed by atoms with Gasteiger partial charge in [-0.15, -0.1) is 0 Å². The van der Waals surface area contributed by atoms with Crippen LogP contribution in [0, 0.1) is 0 Å². The maximum Gasteiger partial charge on any atom is 0.142 e. The maximum atomic E-state index is 10.3. The zero-order valence-electron chi connectivity index (χ0n) is 12.4. The van der Waals surface area contributed by atoms with Crippen LogP contribution < -0.4 is 0 Å². The first-order valence-electron chi connectivity index (χ1n) is 7.52. The molecule has 2 fully saturated rings. The van der Waals surface area contributed by atoms with E-state index in [1.54, 1.807) is 19.3 Å². The van der Waals surface area contributed by atoms with Crippen LogP contribution in [0.1, 0.15) is 32.0 Å². The SMILES string of the molecule is C[C@]1(O)CC2(CCN(Cc3ncccn3)CC2)OC[C@@H]1O. The van der Waals surface area contributed by atoms with Crippen molar-refractivity contribution in [2.24, 2.45) is 0 Å². The van der Waals surface area contributed by atoms with Gasteiger partial charge in [-0.25, -0.2) is 9.97 Å². The summed E-state index contributed by atoms with van der Waals surface area (Å²) < 4.78 is 5.88. The van der Waals surface area contributed by atoms with Gasteiger partial charge in [-0.05, 0) is 25.8 Å². The first-order chi connectivity index (χ1) is 9.99. The van der Waals surface area contributed by atoms with Crippen LogP contribution in [0.4, 0.5) is 0 Å². The molecule has 2 aliphatic rings. The first kappa shape index (κ1) is 14.8. The van der Waals surface area contributed by atoms with Gasteiger partial charge in [0.1, 0.15) is 11.9 Å². The van der Waals surface area contributed by atoms with Gasteiger partial charge in [-0.1, -0.05) is 0 Å². The van der Waals surface area contributed by atoms with Crippen LogP contribution in [0.2, 0.25) is 0 Å². The van der Waals surface area contributed by atoms with Crippen molar-refractivity contribution in [1.29, 1.82) is 0 Å². The molecule has 2 aliphatic heterocycles. The van der Waals surface area contributed by atoms with Gasteiger partial charge in [0.2, 0.25) is 0 Å². The van der Waals surface area contributed by atoms with Gasteiger partial charge in [0.15, 0.2) is 0 Å². The lowest BCUT2D eigenvalue weighted by molar-refractivity contribution is -0.223. The second-order valence-electron chi connectivity index (χ2n) is 6.48. The van der Waals surface area contributed by atoms with Crippen molar-refractivity contribution in [2.45, 2.75) is 50.0 Å². The minimum atomic E-state index is -1.05. The van der Waals surface area contributed by atoms with Gasteiger partial charge in [-0.2, -0.15) is 0 Å². The van der Waals surface area contributed by atoms with Crippen LogP contribution in [0.5, 0.6) is 0 Å². The van der Waals surface area contributed by atoms with Crippen molar-refractivity contribution in [1.82, 2.24) is 14.9 Å². The lowest BCUT2D eigenvalue weighted by Crippen LogP contribution is -2.59. The summed E-state index contributed by atoms with van der Waals surface area (Å²) in [4.78, 5) is 10.8. The highest BCUT2D eigenvalue weighted by Crippen LogP contribution is 2.39. The molecular formula is C15H23N3O3. The Hall–Kier alpha value is -1.08. The Bertz CT molecular complexity index is 472. The van der Waals surface area contributed by atoms with Gasteiger partial charge in [0, 0.05) is 31.9 Å². The number of rotatable bonds is 2. The molecule has 3 heterocycles. The molecular weight excluding hydrogens is 270 g/mol. The summed E-state index contributed by atoms with van der Waals surface area (Å²) in [6.07, 6.45) is 4.95. The monoisotopic (exact) mass is 293 g/mol. The van der Waals surface area contributed by atoms with Crippen LogP contribution >= 0.6 is 0 Å². The molecule has 6 heteroatoms. The van der Waals surface area contributed by atoms with E-state index in [9.17, 15) is 10.2 Å². The van der Waals surface area contributed by atoms with Gasteiger partial charge < -0.3 is 14.9 Å². The quantitative estimate of drug-likeness (QED) is 0.819. The summed E-state index contributed by atoms with van der Waals surface area (Å²) in [6.45, 7) is 4.45. The van der Waals surface area contributed by atoms with Crippen molar-refractivity contribution < 1.29 is 14.9 Å². The van der Waals surface area contributed by atoms with E-state index in [1.807, 2.05) is 6.07 Å². The highest BCUT2D eigenvalue weighted by atomic mass is 16.5. The van der Waals surface area contributed by atoms with Gasteiger partial charge >= 0.3 is 0 Å². The van der Waals surface area contributed by atoms with E-state index in [-0.39, 0.29) is 12.2 Å². The molecule has 2 saturated heterocycles. The highest BCUT2D eigenvalue weighted by Gasteiger charge is 2.48. The third kappa shape index (κ3) is 3.23. The predicted octanol–water partition coefficient (Wildman–Crippen LogP) is 0.343. The Labute approximate surface area is 124 Å². The number of ether oxygens (including phenoxy) is 1. The molecule has 1 spiro atoms. The Morgan fingerprint density at radius 3 is 2.62 bits per heavy atom. The largest absolute Gasteiger partial charge is 0.388 e. The number of likely N-dealkylation sites (tertiary alicyclic amines) is 1. The molecule has 2 N–H and O–H groups in total. The number of nitrogens with zero attached hydrogens (tertiary/aromatic N) is 3. The first-order valence-corrected chi connectivity index (χ1v) is 7.52. The molecule has 1 aromatic rings. The van der Waals surface area contributed by atoms with Crippen molar-refractivity contribution >= 4 is 0 Å². The van der Waals surface area contributed by atoms with E-state index in [0.717, 1.165) is 38.3 Å². The molecule has 0 aromatic carbocycles. The fourth-order valence-corrected chi connectivity index (χ4v) is 3.31. The maximum absolute atomic E-state index is 10.3. The lowest BCUT2D eigenvalue weighted by Gasteiger charge is -2.49. The van der Waals surface area contributed by atoms with Crippen molar-refractivity contribution in [2.75, 3.05) is 19.7 Å². The molecule has 0 unspecified atom stereocenters. The second kappa shape index (κ2) is 5.61. The fraction of sp³-hybridized carbons (Fsp3) is 0.733. The van der Waals surface area contributed by atoms with Crippen LogP contribution in [0.15, 0.2) is 18.5 Å². The molecule has 0 radical (unpaired) electrons. The topological polar surface area (TPSA) is 78.7 Å². The van der Waals surface area contributed by atoms with Crippen molar-refractivity contribution in [3.05, 3.63) is 24.3 Å². The third-order valence-electron chi connectivity index (χ3n) is 4.70. The van der Waals surface area contributed by atoms with E-state index in [2.05, 4.69) is 14.9 Å². The Morgan fingerprint density at radius 2 is 2.00 bits per heavy atom. The standard InChI is InChI=1S/C15H23N3O3/c1-14(20)11-15(21-10-12(14)19)3-7-18(8-4-15)9-13-16-5-2-6-17-13/h2,5-6,12,19-20H,3-4,7-11H2,1H3/t12-,14-/m0/s1. The Balaban J connectivity index is 1.58. The van der Waals surface area contributed by atoms with Crippen LogP contribution in [0.25, 0.3) is 0 Å². The Morgan fingerprint density at radius 1 is 1.33 bits per heavy atom. The number of hydrogen-bond acceptors (Lipinski definition) is 6.